The van der Waals surface area contributed by atoms with Crippen molar-refractivity contribution in [1.82, 2.24) is 10.2 Å². The molecule has 156 valence electrons. The molecule has 0 amide bonds. The first-order chi connectivity index (χ1) is 14.8. The predicted molar refractivity (Wildman–Crippen MR) is 117 cm³/mol. The molecule has 8 heteroatoms. The van der Waals surface area contributed by atoms with Crippen molar-refractivity contribution < 1.29 is 24.9 Å². The standard InChI is InChI=1S/C23H17ClN2O5/c24-18-11-20-17(19(25-26-20)7-8-22(28)29)10-16(18)13-3-1-12(2-4-13)15-6-5-14(23(30)31)9-21(15)27/h1-6,9-11,27H,7-8H2,(H,25,26)(H,28,29)(H,30,31). The first kappa shape index (κ1) is 20.4. The zero-order valence-electron chi connectivity index (χ0n) is 16.1. The number of aromatic carboxylic acids is 1. The zero-order chi connectivity index (χ0) is 22.1. The number of halogens is 1. The molecule has 4 N–H and O–H groups in total. The first-order valence-electron chi connectivity index (χ1n) is 9.39. The number of fused-ring (bicyclic) bond motifs is 1. The Labute approximate surface area is 181 Å². The van der Waals surface area contributed by atoms with E-state index in [0.717, 1.165) is 27.8 Å². The Morgan fingerprint density at radius 3 is 2.23 bits per heavy atom. The number of nitrogens with one attached hydrogen (secondary N) is 1. The van der Waals surface area contributed by atoms with Gasteiger partial charge in [0.1, 0.15) is 5.75 Å². The van der Waals surface area contributed by atoms with Crippen molar-refractivity contribution in [3.63, 3.8) is 0 Å². The van der Waals surface area contributed by atoms with Gasteiger partial charge in [0.15, 0.2) is 0 Å². The summed E-state index contributed by atoms with van der Waals surface area (Å²) in [6, 6.07) is 15.2. The average molecular weight is 437 g/mol. The molecule has 0 aliphatic heterocycles. The van der Waals surface area contributed by atoms with E-state index in [1.165, 1.54) is 12.1 Å². The highest BCUT2D eigenvalue weighted by atomic mass is 35.5. The van der Waals surface area contributed by atoms with Crippen LogP contribution in [-0.2, 0) is 11.2 Å². The highest BCUT2D eigenvalue weighted by Crippen LogP contribution is 2.35. The number of nitrogens with zero attached hydrogens (tertiary/aromatic N) is 1. The fourth-order valence-corrected chi connectivity index (χ4v) is 3.73. The van der Waals surface area contributed by atoms with Crippen molar-refractivity contribution in [2.75, 3.05) is 0 Å². The molecule has 0 radical (unpaired) electrons. The highest BCUT2D eigenvalue weighted by Gasteiger charge is 2.14. The normalized spacial score (nSPS) is 11.0. The fourth-order valence-electron chi connectivity index (χ4n) is 3.47. The van der Waals surface area contributed by atoms with Crippen molar-refractivity contribution >= 4 is 34.4 Å². The Morgan fingerprint density at radius 2 is 1.61 bits per heavy atom. The van der Waals surface area contributed by atoms with Gasteiger partial charge in [-0.05, 0) is 41.5 Å². The molecule has 31 heavy (non-hydrogen) atoms. The third-order valence-electron chi connectivity index (χ3n) is 5.06. The minimum atomic E-state index is -1.11. The molecule has 1 aromatic heterocycles. The van der Waals surface area contributed by atoms with Gasteiger partial charge in [0.05, 0.1) is 22.5 Å². The van der Waals surface area contributed by atoms with E-state index in [1.54, 1.807) is 12.1 Å². The monoisotopic (exact) mass is 436 g/mol. The van der Waals surface area contributed by atoms with Gasteiger partial charge in [0, 0.05) is 28.6 Å². The number of H-pyrrole nitrogens is 1. The van der Waals surface area contributed by atoms with Crippen molar-refractivity contribution in [2.24, 2.45) is 0 Å². The molecule has 4 aromatic rings. The van der Waals surface area contributed by atoms with Crippen molar-refractivity contribution in [3.8, 4) is 28.0 Å². The highest BCUT2D eigenvalue weighted by molar-refractivity contribution is 6.34. The Balaban J connectivity index is 1.69. The van der Waals surface area contributed by atoms with Crippen LogP contribution in [0.1, 0.15) is 22.5 Å². The largest absolute Gasteiger partial charge is 0.507 e. The minimum absolute atomic E-state index is 0.00584. The first-order valence-corrected chi connectivity index (χ1v) is 9.76. The maximum atomic E-state index is 11.0. The van der Waals surface area contributed by atoms with E-state index >= 15 is 0 Å². The summed E-state index contributed by atoms with van der Waals surface area (Å²) in [6.45, 7) is 0. The number of aliphatic carboxylic acids is 1. The fraction of sp³-hybridized carbons (Fsp3) is 0.0870. The van der Waals surface area contributed by atoms with Gasteiger partial charge in [-0.1, -0.05) is 35.9 Å². The van der Waals surface area contributed by atoms with Gasteiger partial charge >= 0.3 is 11.9 Å². The number of phenolic OH excluding ortho intramolecular Hbond substituents is 1. The molecule has 0 atom stereocenters. The van der Waals surface area contributed by atoms with Gasteiger partial charge in [-0.2, -0.15) is 5.10 Å². The summed E-state index contributed by atoms with van der Waals surface area (Å²) in [6.07, 6.45) is 0.325. The lowest BCUT2D eigenvalue weighted by Crippen LogP contribution is -1.98. The van der Waals surface area contributed by atoms with Crippen LogP contribution < -0.4 is 0 Å². The number of hydrogen-bond acceptors (Lipinski definition) is 4. The summed E-state index contributed by atoms with van der Waals surface area (Å²) >= 11 is 6.46. The van der Waals surface area contributed by atoms with Crippen molar-refractivity contribution in [2.45, 2.75) is 12.8 Å². The SMILES string of the molecule is O=C(O)CCc1[nH]nc2cc(Cl)c(-c3ccc(-c4ccc(C(=O)O)cc4O)cc3)cc12. The lowest BCUT2D eigenvalue weighted by Gasteiger charge is -2.09. The van der Waals surface area contributed by atoms with Gasteiger partial charge in [0.25, 0.3) is 0 Å². The summed E-state index contributed by atoms with van der Waals surface area (Å²) in [4.78, 5) is 21.9. The second-order valence-corrected chi connectivity index (χ2v) is 7.47. The Hall–Kier alpha value is -3.84. The molecule has 4 rings (SSSR count). The molecule has 3 aromatic carbocycles. The lowest BCUT2D eigenvalue weighted by molar-refractivity contribution is -0.136. The predicted octanol–water partition coefficient (Wildman–Crippen LogP) is 4.97. The molecule has 0 saturated heterocycles. The van der Waals surface area contributed by atoms with Crippen LogP contribution in [0.3, 0.4) is 0 Å². The smallest absolute Gasteiger partial charge is 0.335 e. The number of aromatic amines is 1. The number of carboxylic acid groups (broad SMARTS) is 2. The number of aromatic hydroxyl groups is 1. The summed E-state index contributed by atoms with van der Waals surface area (Å²) in [5.41, 5.74) is 4.25. The zero-order valence-corrected chi connectivity index (χ0v) is 16.8. The second-order valence-electron chi connectivity index (χ2n) is 7.06. The quantitative estimate of drug-likeness (QED) is 0.338. The Bertz CT molecular complexity index is 1310. The maximum Gasteiger partial charge on any atom is 0.335 e. The minimum Gasteiger partial charge on any atom is -0.507 e. The Morgan fingerprint density at radius 1 is 0.935 bits per heavy atom. The van der Waals surface area contributed by atoms with Crippen LogP contribution in [-0.4, -0.2) is 37.5 Å². The number of phenols is 1. The van der Waals surface area contributed by atoms with Crippen LogP contribution >= 0.6 is 11.6 Å². The molecule has 0 saturated carbocycles. The van der Waals surface area contributed by atoms with E-state index in [-0.39, 0.29) is 17.7 Å². The molecule has 0 aliphatic carbocycles. The van der Waals surface area contributed by atoms with Crippen LogP contribution in [0.15, 0.2) is 54.6 Å². The van der Waals surface area contributed by atoms with E-state index in [0.29, 0.717) is 22.5 Å². The van der Waals surface area contributed by atoms with Crippen LogP contribution in [0.4, 0.5) is 0 Å². The Kier molecular flexibility index (Phi) is 5.35. The number of benzene rings is 3. The molecule has 0 fully saturated rings. The number of carboxylic acids is 2. The van der Waals surface area contributed by atoms with Crippen LogP contribution in [0, 0.1) is 0 Å². The number of aryl methyl sites for hydroxylation is 1. The van der Waals surface area contributed by atoms with E-state index in [2.05, 4.69) is 10.2 Å². The molecular formula is C23H17ClN2O5. The van der Waals surface area contributed by atoms with Crippen molar-refractivity contribution in [3.05, 3.63) is 70.9 Å². The third kappa shape index (κ3) is 4.08. The number of aromatic nitrogens is 2. The van der Waals surface area contributed by atoms with E-state index < -0.39 is 11.9 Å². The van der Waals surface area contributed by atoms with Gasteiger partial charge in [-0.25, -0.2) is 4.79 Å². The van der Waals surface area contributed by atoms with E-state index in [1.807, 2.05) is 30.3 Å². The molecular weight excluding hydrogens is 420 g/mol. The second kappa shape index (κ2) is 8.12. The van der Waals surface area contributed by atoms with E-state index in [9.17, 15) is 14.7 Å². The van der Waals surface area contributed by atoms with Gasteiger partial charge < -0.3 is 15.3 Å². The van der Waals surface area contributed by atoms with Gasteiger partial charge in [0.2, 0.25) is 0 Å². The number of rotatable bonds is 6. The summed E-state index contributed by atoms with van der Waals surface area (Å²) in [7, 11) is 0. The lowest BCUT2D eigenvalue weighted by atomic mass is 9.97. The van der Waals surface area contributed by atoms with Crippen LogP contribution in [0.5, 0.6) is 5.75 Å². The topological polar surface area (TPSA) is 124 Å². The summed E-state index contributed by atoms with van der Waals surface area (Å²) < 4.78 is 0. The summed E-state index contributed by atoms with van der Waals surface area (Å²) in [5.74, 6) is -2.11. The van der Waals surface area contributed by atoms with Gasteiger partial charge in [-0.3, -0.25) is 9.89 Å². The van der Waals surface area contributed by atoms with E-state index in [4.69, 9.17) is 21.8 Å². The number of carbonyl (C=O) groups is 2. The molecule has 0 aliphatic rings. The number of hydrogen-bond donors (Lipinski definition) is 4. The average Bonchev–Trinajstić information content (AvgIpc) is 3.13. The summed E-state index contributed by atoms with van der Waals surface area (Å²) in [5, 5.41) is 36.6. The molecule has 0 unspecified atom stereocenters. The van der Waals surface area contributed by atoms with Crippen molar-refractivity contribution in [1.29, 1.82) is 0 Å². The molecule has 0 bridgehead atoms. The maximum absolute atomic E-state index is 11.0. The third-order valence-corrected chi connectivity index (χ3v) is 5.37. The molecule has 7 nitrogen and oxygen atoms in total. The molecule has 1 heterocycles. The van der Waals surface area contributed by atoms with Gasteiger partial charge in [-0.15, -0.1) is 0 Å². The molecule has 0 spiro atoms. The van der Waals surface area contributed by atoms with Crippen LogP contribution in [0.2, 0.25) is 5.02 Å². The van der Waals surface area contributed by atoms with Crippen LogP contribution in [0.25, 0.3) is 33.2 Å².